The molecule has 0 fully saturated rings. The first-order chi connectivity index (χ1) is 12.7. The fourth-order valence-electron chi connectivity index (χ4n) is 2.21. The van der Waals surface area contributed by atoms with Crippen LogP contribution in [0.1, 0.15) is 21.6 Å². The second-order valence-corrected chi connectivity index (χ2v) is 5.44. The van der Waals surface area contributed by atoms with Gasteiger partial charge >= 0.3 is 0 Å². The number of allylic oxidation sites excluding steroid dienone is 1. The summed E-state index contributed by atoms with van der Waals surface area (Å²) in [4.78, 5) is 10.7. The molecule has 7 heteroatoms. The summed E-state index contributed by atoms with van der Waals surface area (Å²) in [5.74, 6) is -1.21. The molecule has 0 radical (unpaired) electrons. The van der Waals surface area contributed by atoms with Gasteiger partial charge in [-0.25, -0.2) is 4.68 Å². The lowest BCUT2D eigenvalue weighted by Crippen LogP contribution is -2.21. The van der Waals surface area contributed by atoms with Gasteiger partial charge in [-0.3, -0.25) is 5.43 Å². The standard InChI is InChI=1S/C19H17N5O2/c25-19(26)16-8-10-17(11-9-16)21-20-12-4-7-18-14-24(23-22-18)13-15-5-2-1-3-6-15/h1-12,14,21H,13H2,(H,25,26)/p-1/b7-4+,20-12-. The van der Waals surface area contributed by atoms with E-state index in [0.717, 1.165) is 11.3 Å². The molecular weight excluding hydrogens is 330 g/mol. The van der Waals surface area contributed by atoms with Crippen LogP contribution in [0.5, 0.6) is 0 Å². The zero-order valence-corrected chi connectivity index (χ0v) is 13.8. The van der Waals surface area contributed by atoms with Crippen LogP contribution in [0.2, 0.25) is 0 Å². The van der Waals surface area contributed by atoms with Crippen molar-refractivity contribution in [3.63, 3.8) is 0 Å². The second kappa shape index (κ2) is 8.39. The van der Waals surface area contributed by atoms with E-state index >= 15 is 0 Å². The highest BCUT2D eigenvalue weighted by Gasteiger charge is 1.98. The van der Waals surface area contributed by atoms with Crippen molar-refractivity contribution in [2.75, 3.05) is 5.43 Å². The van der Waals surface area contributed by atoms with Crippen molar-refractivity contribution in [2.24, 2.45) is 5.10 Å². The molecule has 0 aliphatic rings. The Kier molecular flexibility index (Phi) is 5.51. The van der Waals surface area contributed by atoms with Crippen LogP contribution in [0.25, 0.3) is 6.08 Å². The number of carbonyl (C=O) groups is 1. The molecule has 3 aromatic rings. The summed E-state index contributed by atoms with van der Waals surface area (Å²) < 4.78 is 1.77. The molecule has 0 aliphatic carbocycles. The van der Waals surface area contributed by atoms with Crippen LogP contribution < -0.4 is 10.5 Å². The first kappa shape index (κ1) is 17.1. The van der Waals surface area contributed by atoms with Crippen LogP contribution in [0.3, 0.4) is 0 Å². The molecule has 0 atom stereocenters. The predicted octanol–water partition coefficient (Wildman–Crippen LogP) is 1.80. The van der Waals surface area contributed by atoms with Crippen LogP contribution in [0, 0.1) is 0 Å². The molecule has 2 aromatic carbocycles. The van der Waals surface area contributed by atoms with Gasteiger partial charge in [0.1, 0.15) is 5.69 Å². The second-order valence-electron chi connectivity index (χ2n) is 5.44. The Bertz CT molecular complexity index is 915. The number of nitrogens with zero attached hydrogens (tertiary/aromatic N) is 4. The summed E-state index contributed by atoms with van der Waals surface area (Å²) in [7, 11) is 0. The minimum atomic E-state index is -1.21. The maximum atomic E-state index is 10.7. The average molecular weight is 346 g/mol. The molecule has 0 unspecified atom stereocenters. The number of benzene rings is 2. The lowest BCUT2D eigenvalue weighted by atomic mass is 10.2. The van der Waals surface area contributed by atoms with Crippen molar-refractivity contribution in [1.82, 2.24) is 15.0 Å². The molecule has 7 nitrogen and oxygen atoms in total. The van der Waals surface area contributed by atoms with Crippen LogP contribution in [0.4, 0.5) is 5.69 Å². The van der Waals surface area contributed by atoms with Crippen LogP contribution in [-0.4, -0.2) is 27.2 Å². The molecule has 0 amide bonds. The molecule has 3 rings (SSSR count). The SMILES string of the molecule is O=C([O-])c1ccc(N/N=C\C=C\c2cn(Cc3ccccc3)nn2)cc1. The van der Waals surface area contributed by atoms with Crippen molar-refractivity contribution in [3.05, 3.63) is 83.7 Å². The summed E-state index contributed by atoms with van der Waals surface area (Å²) in [6.45, 7) is 0.666. The Labute approximate surface area is 150 Å². The molecule has 1 heterocycles. The molecule has 0 bridgehead atoms. The molecule has 26 heavy (non-hydrogen) atoms. The number of aromatic carboxylic acids is 1. The lowest BCUT2D eigenvalue weighted by molar-refractivity contribution is -0.255. The molecule has 0 saturated heterocycles. The van der Waals surface area contributed by atoms with Crippen molar-refractivity contribution in [3.8, 4) is 0 Å². The first-order valence-electron chi connectivity index (χ1n) is 7.92. The van der Waals surface area contributed by atoms with Gasteiger partial charge in [0.25, 0.3) is 0 Å². The number of hydrogen-bond acceptors (Lipinski definition) is 6. The Balaban J connectivity index is 1.50. The fraction of sp³-hybridized carbons (Fsp3) is 0.0526. The average Bonchev–Trinajstić information content (AvgIpc) is 3.10. The number of aromatic nitrogens is 3. The summed E-state index contributed by atoms with van der Waals surface area (Å²) in [6.07, 6.45) is 6.95. The van der Waals surface area contributed by atoms with E-state index in [4.69, 9.17) is 0 Å². The van der Waals surface area contributed by atoms with Gasteiger partial charge in [0, 0.05) is 6.21 Å². The molecule has 0 spiro atoms. The molecule has 0 aliphatic heterocycles. The van der Waals surface area contributed by atoms with Gasteiger partial charge in [0.05, 0.1) is 24.4 Å². The summed E-state index contributed by atoms with van der Waals surface area (Å²) in [5, 5.41) is 22.9. The van der Waals surface area contributed by atoms with Gasteiger partial charge in [0.2, 0.25) is 0 Å². The fourth-order valence-corrected chi connectivity index (χ4v) is 2.21. The molecule has 1 N–H and O–H groups in total. The van der Waals surface area contributed by atoms with Gasteiger partial charge in [-0.2, -0.15) is 5.10 Å². The van der Waals surface area contributed by atoms with E-state index in [1.165, 1.54) is 12.1 Å². The molecule has 130 valence electrons. The number of carboxylic acid groups (broad SMARTS) is 1. The smallest absolute Gasteiger partial charge is 0.105 e. The third-order valence-corrected chi connectivity index (χ3v) is 3.49. The van der Waals surface area contributed by atoms with Crippen LogP contribution >= 0.6 is 0 Å². The lowest BCUT2D eigenvalue weighted by Gasteiger charge is -2.03. The number of rotatable bonds is 7. The third-order valence-electron chi connectivity index (χ3n) is 3.49. The minimum absolute atomic E-state index is 0.123. The maximum absolute atomic E-state index is 10.7. The number of anilines is 1. The Morgan fingerprint density at radius 1 is 1.15 bits per heavy atom. The van der Waals surface area contributed by atoms with Crippen LogP contribution in [-0.2, 0) is 6.54 Å². The monoisotopic (exact) mass is 346 g/mol. The molecule has 0 saturated carbocycles. The van der Waals surface area contributed by atoms with E-state index in [1.807, 2.05) is 36.5 Å². The first-order valence-corrected chi connectivity index (χ1v) is 7.92. The number of hydrazone groups is 1. The van der Waals surface area contributed by atoms with Crippen molar-refractivity contribution >= 4 is 23.9 Å². The normalized spacial score (nSPS) is 11.2. The van der Waals surface area contributed by atoms with E-state index in [-0.39, 0.29) is 5.56 Å². The Morgan fingerprint density at radius 3 is 2.65 bits per heavy atom. The quantitative estimate of drug-likeness (QED) is 0.520. The summed E-state index contributed by atoms with van der Waals surface area (Å²) >= 11 is 0. The van der Waals surface area contributed by atoms with Gasteiger partial charge in [-0.1, -0.05) is 47.7 Å². The maximum Gasteiger partial charge on any atom is 0.105 e. The van der Waals surface area contributed by atoms with Gasteiger partial charge < -0.3 is 9.90 Å². The molecular formula is C19H16N5O2-. The van der Waals surface area contributed by atoms with E-state index in [0.29, 0.717) is 12.2 Å². The number of hydrogen-bond donors (Lipinski definition) is 1. The number of nitrogens with one attached hydrogen (secondary N) is 1. The largest absolute Gasteiger partial charge is 0.545 e. The van der Waals surface area contributed by atoms with Gasteiger partial charge in [-0.05, 0) is 35.4 Å². The zero-order chi connectivity index (χ0) is 18.2. The van der Waals surface area contributed by atoms with Gasteiger partial charge in [-0.15, -0.1) is 5.10 Å². The Hall–Kier alpha value is -3.74. The van der Waals surface area contributed by atoms with Gasteiger partial charge in [0.15, 0.2) is 0 Å². The molecule has 1 aromatic heterocycles. The van der Waals surface area contributed by atoms with Crippen molar-refractivity contribution in [2.45, 2.75) is 6.54 Å². The van der Waals surface area contributed by atoms with E-state index in [2.05, 4.69) is 20.8 Å². The highest BCUT2D eigenvalue weighted by molar-refractivity contribution is 5.86. The number of carbonyl (C=O) groups excluding carboxylic acids is 1. The van der Waals surface area contributed by atoms with E-state index in [1.54, 1.807) is 35.2 Å². The highest BCUT2D eigenvalue weighted by Crippen LogP contribution is 2.08. The Morgan fingerprint density at radius 2 is 1.92 bits per heavy atom. The third kappa shape index (κ3) is 4.88. The van der Waals surface area contributed by atoms with Crippen LogP contribution in [0.15, 0.2) is 72.0 Å². The van der Waals surface area contributed by atoms with E-state index < -0.39 is 5.97 Å². The highest BCUT2D eigenvalue weighted by atomic mass is 16.4. The number of carboxylic acids is 1. The van der Waals surface area contributed by atoms with Crippen molar-refractivity contribution in [1.29, 1.82) is 0 Å². The zero-order valence-electron chi connectivity index (χ0n) is 13.8. The summed E-state index contributed by atoms with van der Waals surface area (Å²) in [5.41, 5.74) is 5.48. The van der Waals surface area contributed by atoms with Crippen molar-refractivity contribution < 1.29 is 9.90 Å². The van der Waals surface area contributed by atoms with E-state index in [9.17, 15) is 9.90 Å². The topological polar surface area (TPSA) is 95.2 Å². The summed E-state index contributed by atoms with van der Waals surface area (Å²) in [6, 6.07) is 16.2. The minimum Gasteiger partial charge on any atom is -0.545 e. The predicted molar refractivity (Wildman–Crippen MR) is 97.5 cm³/mol.